The van der Waals surface area contributed by atoms with E-state index in [1.165, 1.54) is 0 Å². The molecule has 7 nitrogen and oxygen atoms in total. The molecule has 1 rings (SSSR count). The number of hydrogen-bond acceptors (Lipinski definition) is 5. The van der Waals surface area contributed by atoms with E-state index in [1.807, 2.05) is 0 Å². The molecule has 7 heteroatoms. The first kappa shape index (κ1) is 13.7. The van der Waals surface area contributed by atoms with Crippen LogP contribution in [0.5, 0.6) is 0 Å². The van der Waals surface area contributed by atoms with Gasteiger partial charge in [-0.3, -0.25) is 9.80 Å². The summed E-state index contributed by atoms with van der Waals surface area (Å²) in [6.45, 7) is -0.0872. The number of nitrogens with zero attached hydrogens (tertiary/aromatic N) is 1. The average molecular weight is 252 g/mol. The van der Waals surface area contributed by atoms with Crippen LogP contribution in [0.1, 0.15) is 5.56 Å². The quantitative estimate of drug-likeness (QED) is 0.177. The number of esters is 1. The van der Waals surface area contributed by atoms with Crippen LogP contribution in [-0.2, 0) is 25.7 Å². The van der Waals surface area contributed by atoms with Gasteiger partial charge in [-0.05, 0) is 5.56 Å². The maximum Gasteiger partial charge on any atom is 0.342 e. The predicted octanol–water partition coefficient (Wildman–Crippen LogP) is -0.485. The molecule has 0 aromatic heterocycles. The standard InChI is InChI=1S/C11H12N2O5/c12-13(7-14)9(10(15)16)11(17)18-6-8-4-2-1-3-5-8/h1-5,7,9H,6,12H2,(H,15,16). The van der Waals surface area contributed by atoms with Crippen LogP contribution in [0, 0.1) is 0 Å². The Morgan fingerprint density at radius 1 is 1.39 bits per heavy atom. The van der Waals surface area contributed by atoms with Gasteiger partial charge in [0.05, 0.1) is 0 Å². The van der Waals surface area contributed by atoms with Crippen molar-refractivity contribution in [3.63, 3.8) is 0 Å². The highest BCUT2D eigenvalue weighted by molar-refractivity contribution is 5.99. The van der Waals surface area contributed by atoms with Crippen molar-refractivity contribution in [3.8, 4) is 0 Å². The van der Waals surface area contributed by atoms with Crippen molar-refractivity contribution < 1.29 is 24.2 Å². The molecule has 0 spiro atoms. The highest BCUT2D eigenvalue weighted by atomic mass is 16.5. The molecule has 0 aliphatic carbocycles. The van der Waals surface area contributed by atoms with Gasteiger partial charge in [0.1, 0.15) is 6.61 Å². The number of carboxylic acids is 1. The van der Waals surface area contributed by atoms with Crippen molar-refractivity contribution in [2.24, 2.45) is 5.84 Å². The third-order valence-electron chi connectivity index (χ3n) is 2.10. The fourth-order valence-electron chi connectivity index (χ4n) is 1.22. The lowest BCUT2D eigenvalue weighted by Crippen LogP contribution is -2.50. The largest absolute Gasteiger partial charge is 0.479 e. The molecule has 1 aromatic carbocycles. The van der Waals surface area contributed by atoms with Crippen LogP contribution in [-0.4, -0.2) is 34.5 Å². The second-order valence-corrected chi connectivity index (χ2v) is 3.39. The van der Waals surface area contributed by atoms with Crippen LogP contribution < -0.4 is 5.84 Å². The summed E-state index contributed by atoms with van der Waals surface area (Å²) in [4.78, 5) is 32.6. The van der Waals surface area contributed by atoms with Crippen molar-refractivity contribution in [1.82, 2.24) is 5.01 Å². The molecule has 1 unspecified atom stereocenters. The lowest BCUT2D eigenvalue weighted by Gasteiger charge is -2.18. The Kier molecular flexibility index (Phi) is 4.82. The molecular formula is C11H12N2O5. The zero-order valence-corrected chi connectivity index (χ0v) is 9.35. The minimum atomic E-state index is -1.84. The molecule has 3 N–H and O–H groups in total. The number of hydrazine groups is 1. The summed E-state index contributed by atoms with van der Waals surface area (Å²) in [6.07, 6.45) is 0.0442. The third-order valence-corrected chi connectivity index (χ3v) is 2.10. The van der Waals surface area contributed by atoms with Crippen molar-refractivity contribution >= 4 is 18.3 Å². The van der Waals surface area contributed by atoms with Gasteiger partial charge in [0.25, 0.3) is 0 Å². The summed E-state index contributed by atoms with van der Waals surface area (Å²) in [5.74, 6) is 2.42. The van der Waals surface area contributed by atoms with E-state index in [2.05, 4.69) is 0 Å². The van der Waals surface area contributed by atoms with Gasteiger partial charge in [0.15, 0.2) is 0 Å². The summed E-state index contributed by atoms with van der Waals surface area (Å²) in [6, 6.07) is 6.87. The average Bonchev–Trinajstić information content (AvgIpc) is 2.37. The lowest BCUT2D eigenvalue weighted by molar-refractivity contribution is -0.163. The van der Waals surface area contributed by atoms with Crippen LogP contribution >= 0.6 is 0 Å². The summed E-state index contributed by atoms with van der Waals surface area (Å²) in [5, 5.41) is 9.01. The van der Waals surface area contributed by atoms with Crippen LogP contribution in [0.4, 0.5) is 0 Å². The monoisotopic (exact) mass is 252 g/mol. The minimum absolute atomic E-state index is 0.0442. The van der Waals surface area contributed by atoms with Crippen molar-refractivity contribution in [2.75, 3.05) is 0 Å². The van der Waals surface area contributed by atoms with Crippen LogP contribution in [0.25, 0.3) is 0 Å². The van der Waals surface area contributed by atoms with E-state index < -0.39 is 18.0 Å². The second kappa shape index (κ2) is 6.36. The Labute approximate surface area is 103 Å². The fraction of sp³-hybridized carbons (Fsp3) is 0.182. The molecule has 0 fully saturated rings. The van der Waals surface area contributed by atoms with Gasteiger partial charge >= 0.3 is 11.9 Å². The van der Waals surface area contributed by atoms with E-state index in [0.29, 0.717) is 5.56 Å². The molecule has 0 saturated carbocycles. The topological polar surface area (TPSA) is 110 Å². The number of ether oxygens (including phenoxy) is 1. The highest BCUT2D eigenvalue weighted by Crippen LogP contribution is 2.03. The summed E-state index contributed by atoms with van der Waals surface area (Å²) in [7, 11) is 0. The molecule has 18 heavy (non-hydrogen) atoms. The zero-order chi connectivity index (χ0) is 13.5. The molecule has 1 amide bonds. The number of nitrogens with two attached hydrogens (primary N) is 1. The number of carboxylic acid groups (broad SMARTS) is 1. The number of amides is 1. The molecule has 0 bridgehead atoms. The molecule has 0 saturated heterocycles. The minimum Gasteiger partial charge on any atom is -0.479 e. The molecule has 0 radical (unpaired) electrons. The van der Waals surface area contributed by atoms with E-state index in [9.17, 15) is 14.4 Å². The number of aliphatic carboxylic acids is 1. The summed E-state index contributed by atoms with van der Waals surface area (Å²) >= 11 is 0. The summed E-state index contributed by atoms with van der Waals surface area (Å²) < 4.78 is 4.77. The van der Waals surface area contributed by atoms with Crippen LogP contribution in [0.15, 0.2) is 30.3 Å². The molecule has 0 aliphatic heterocycles. The smallest absolute Gasteiger partial charge is 0.342 e. The SMILES string of the molecule is NN(C=O)C(C(=O)O)C(=O)OCc1ccccc1. The zero-order valence-electron chi connectivity index (χ0n) is 9.35. The molecule has 1 atom stereocenters. The molecule has 96 valence electrons. The normalized spacial score (nSPS) is 11.4. The van der Waals surface area contributed by atoms with Gasteiger partial charge in [-0.15, -0.1) is 0 Å². The van der Waals surface area contributed by atoms with Crippen molar-refractivity contribution in [3.05, 3.63) is 35.9 Å². The lowest BCUT2D eigenvalue weighted by atomic mass is 10.2. The summed E-state index contributed by atoms with van der Waals surface area (Å²) in [5.41, 5.74) is 0.699. The van der Waals surface area contributed by atoms with Gasteiger partial charge in [-0.2, -0.15) is 0 Å². The first-order valence-electron chi connectivity index (χ1n) is 4.98. The van der Waals surface area contributed by atoms with E-state index in [0.717, 1.165) is 0 Å². The third kappa shape index (κ3) is 3.56. The molecule has 0 heterocycles. The van der Waals surface area contributed by atoms with E-state index in [1.54, 1.807) is 30.3 Å². The Bertz CT molecular complexity index is 434. The Morgan fingerprint density at radius 3 is 2.50 bits per heavy atom. The number of hydrogen-bond donors (Lipinski definition) is 2. The maximum atomic E-state index is 11.5. The second-order valence-electron chi connectivity index (χ2n) is 3.39. The number of carbonyl (C=O) groups is 3. The van der Waals surface area contributed by atoms with Crippen LogP contribution in [0.3, 0.4) is 0 Å². The Morgan fingerprint density at radius 2 is 2.00 bits per heavy atom. The first-order valence-corrected chi connectivity index (χ1v) is 4.98. The first-order chi connectivity index (χ1) is 8.56. The van der Waals surface area contributed by atoms with Crippen molar-refractivity contribution in [2.45, 2.75) is 12.6 Å². The molecule has 0 aliphatic rings. The van der Waals surface area contributed by atoms with Gasteiger partial charge in [0.2, 0.25) is 12.5 Å². The van der Waals surface area contributed by atoms with Gasteiger partial charge in [-0.1, -0.05) is 30.3 Å². The molecular weight excluding hydrogens is 240 g/mol. The van der Waals surface area contributed by atoms with E-state index >= 15 is 0 Å². The van der Waals surface area contributed by atoms with E-state index in [4.69, 9.17) is 15.7 Å². The Balaban J connectivity index is 2.63. The Hall–Kier alpha value is -2.41. The van der Waals surface area contributed by atoms with Crippen LogP contribution in [0.2, 0.25) is 0 Å². The highest BCUT2D eigenvalue weighted by Gasteiger charge is 2.32. The fourth-order valence-corrected chi connectivity index (χ4v) is 1.22. The van der Waals surface area contributed by atoms with E-state index in [-0.39, 0.29) is 18.0 Å². The number of carbonyl (C=O) groups excluding carboxylic acids is 2. The molecule has 1 aromatic rings. The number of rotatable bonds is 6. The van der Waals surface area contributed by atoms with Crippen molar-refractivity contribution in [1.29, 1.82) is 0 Å². The predicted molar refractivity (Wildman–Crippen MR) is 59.8 cm³/mol. The van der Waals surface area contributed by atoms with Gasteiger partial charge in [-0.25, -0.2) is 15.4 Å². The van der Waals surface area contributed by atoms with Gasteiger partial charge < -0.3 is 9.84 Å². The van der Waals surface area contributed by atoms with Gasteiger partial charge in [0, 0.05) is 0 Å². The number of benzene rings is 1. The maximum absolute atomic E-state index is 11.5.